The van der Waals surface area contributed by atoms with Crippen LogP contribution in [0.1, 0.15) is 29.8 Å². The van der Waals surface area contributed by atoms with Gasteiger partial charge in [-0.15, -0.1) is 0 Å². The van der Waals surface area contributed by atoms with Crippen molar-refractivity contribution in [2.45, 2.75) is 20.4 Å². The summed E-state index contributed by atoms with van der Waals surface area (Å²) in [6, 6.07) is 14.1. The summed E-state index contributed by atoms with van der Waals surface area (Å²) in [5.74, 6) is -0.350. The Labute approximate surface area is 153 Å². The fraction of sp³-hybridized carbons (Fsp3) is 0.300. The van der Waals surface area contributed by atoms with Gasteiger partial charge in [0, 0.05) is 31.4 Å². The Morgan fingerprint density at radius 2 is 1.77 bits per heavy atom. The van der Waals surface area contributed by atoms with Gasteiger partial charge in [-0.05, 0) is 43.7 Å². The van der Waals surface area contributed by atoms with Gasteiger partial charge in [0.25, 0.3) is 5.91 Å². The van der Waals surface area contributed by atoms with E-state index in [1.54, 1.807) is 29.2 Å². The Hall–Kier alpha value is -3.02. The summed E-state index contributed by atoms with van der Waals surface area (Å²) in [6.45, 7) is 5.79. The molecule has 6 nitrogen and oxygen atoms in total. The third-order valence-corrected chi connectivity index (χ3v) is 4.01. The number of anilines is 1. The highest BCUT2D eigenvalue weighted by Crippen LogP contribution is 2.18. The highest BCUT2D eigenvalue weighted by molar-refractivity contribution is 5.87. The summed E-state index contributed by atoms with van der Waals surface area (Å²) in [6.07, 6.45) is 0. The molecule has 0 bridgehead atoms. The van der Waals surface area contributed by atoms with Crippen LogP contribution in [0.25, 0.3) is 0 Å². The number of rotatable bonds is 9. The minimum absolute atomic E-state index is 0.0157. The van der Waals surface area contributed by atoms with Crippen LogP contribution in [-0.2, 0) is 11.3 Å². The highest BCUT2D eigenvalue weighted by atomic mass is 16.5. The van der Waals surface area contributed by atoms with Crippen LogP contribution in [0.3, 0.4) is 0 Å². The minimum atomic E-state index is -0.936. The van der Waals surface area contributed by atoms with Crippen molar-refractivity contribution >= 4 is 17.6 Å². The lowest BCUT2D eigenvalue weighted by Gasteiger charge is -2.18. The van der Waals surface area contributed by atoms with E-state index in [9.17, 15) is 9.59 Å². The van der Waals surface area contributed by atoms with E-state index < -0.39 is 5.97 Å². The molecule has 0 unspecified atom stereocenters. The summed E-state index contributed by atoms with van der Waals surface area (Å²) in [5.41, 5.74) is 2.10. The molecule has 0 aromatic heterocycles. The molecular weight excluding hydrogens is 332 g/mol. The molecule has 2 aromatic rings. The van der Waals surface area contributed by atoms with Gasteiger partial charge in [-0.3, -0.25) is 4.79 Å². The van der Waals surface area contributed by atoms with Crippen LogP contribution in [0.5, 0.6) is 5.75 Å². The molecule has 138 valence electrons. The summed E-state index contributed by atoms with van der Waals surface area (Å²) in [7, 11) is 0. The van der Waals surface area contributed by atoms with Crippen LogP contribution < -0.4 is 10.1 Å². The number of nitrogens with zero attached hydrogens (tertiary/aromatic N) is 1. The van der Waals surface area contributed by atoms with Gasteiger partial charge in [-0.25, -0.2) is 4.79 Å². The number of carboxylic acids is 1. The number of aromatic carboxylic acids is 1. The maximum absolute atomic E-state index is 12.0. The number of carbonyl (C=O) groups excluding carboxylic acids is 1. The highest BCUT2D eigenvalue weighted by Gasteiger charge is 2.10. The number of nitrogens with one attached hydrogen (secondary N) is 1. The summed E-state index contributed by atoms with van der Waals surface area (Å²) >= 11 is 0. The molecule has 1 amide bonds. The Balaban J connectivity index is 1.90. The van der Waals surface area contributed by atoms with E-state index in [2.05, 4.69) is 5.32 Å². The first kappa shape index (κ1) is 19.3. The average molecular weight is 356 g/mol. The van der Waals surface area contributed by atoms with Crippen LogP contribution >= 0.6 is 0 Å². The molecule has 6 heteroatoms. The van der Waals surface area contributed by atoms with Crippen molar-refractivity contribution in [3.63, 3.8) is 0 Å². The standard InChI is InChI=1S/C20H24N2O4/c1-3-22(4-2)19(23)14-26-18-7-5-6-17(12-18)21-13-15-8-10-16(11-9-15)20(24)25/h5-12,21H,3-4,13-14H2,1-2H3,(H,24,25). The van der Waals surface area contributed by atoms with E-state index in [0.717, 1.165) is 11.3 Å². The SMILES string of the molecule is CCN(CC)C(=O)COc1cccc(NCc2ccc(C(=O)O)cc2)c1. The van der Waals surface area contributed by atoms with Gasteiger partial charge in [0.05, 0.1) is 5.56 Å². The molecule has 0 fully saturated rings. The molecule has 0 radical (unpaired) electrons. The van der Waals surface area contributed by atoms with Crippen molar-refractivity contribution in [2.75, 3.05) is 25.0 Å². The van der Waals surface area contributed by atoms with Gasteiger partial charge < -0.3 is 20.1 Å². The zero-order valence-corrected chi connectivity index (χ0v) is 15.1. The smallest absolute Gasteiger partial charge is 0.335 e. The summed E-state index contributed by atoms with van der Waals surface area (Å²) < 4.78 is 5.59. The maximum atomic E-state index is 12.0. The van der Waals surface area contributed by atoms with Crippen LogP contribution in [0.15, 0.2) is 48.5 Å². The van der Waals surface area contributed by atoms with Crippen molar-refractivity contribution in [3.8, 4) is 5.75 Å². The molecule has 0 spiro atoms. The molecule has 2 N–H and O–H groups in total. The molecule has 0 saturated carbocycles. The van der Waals surface area contributed by atoms with E-state index in [-0.39, 0.29) is 18.1 Å². The van der Waals surface area contributed by atoms with Gasteiger partial charge in [-0.2, -0.15) is 0 Å². The Morgan fingerprint density at radius 3 is 2.38 bits per heavy atom. The molecule has 0 atom stereocenters. The van der Waals surface area contributed by atoms with Crippen molar-refractivity contribution in [1.82, 2.24) is 4.90 Å². The monoisotopic (exact) mass is 356 g/mol. The fourth-order valence-corrected chi connectivity index (χ4v) is 2.48. The van der Waals surface area contributed by atoms with Crippen LogP contribution in [-0.4, -0.2) is 41.6 Å². The number of ether oxygens (including phenoxy) is 1. The van der Waals surface area contributed by atoms with E-state index in [1.165, 1.54) is 0 Å². The zero-order chi connectivity index (χ0) is 18.9. The molecule has 0 saturated heterocycles. The van der Waals surface area contributed by atoms with E-state index in [1.807, 2.05) is 38.1 Å². The van der Waals surface area contributed by atoms with E-state index in [4.69, 9.17) is 9.84 Å². The number of carboxylic acid groups (broad SMARTS) is 1. The largest absolute Gasteiger partial charge is 0.484 e. The molecular formula is C20H24N2O4. The number of hydrogen-bond acceptors (Lipinski definition) is 4. The van der Waals surface area contributed by atoms with Gasteiger partial charge in [0.15, 0.2) is 6.61 Å². The second-order valence-corrected chi connectivity index (χ2v) is 5.74. The van der Waals surface area contributed by atoms with Crippen molar-refractivity contribution in [3.05, 3.63) is 59.7 Å². The minimum Gasteiger partial charge on any atom is -0.484 e. The average Bonchev–Trinajstić information content (AvgIpc) is 2.66. The van der Waals surface area contributed by atoms with Crippen LogP contribution in [0, 0.1) is 0 Å². The first-order valence-electron chi connectivity index (χ1n) is 8.60. The van der Waals surface area contributed by atoms with Gasteiger partial charge in [0.1, 0.15) is 5.75 Å². The second-order valence-electron chi connectivity index (χ2n) is 5.74. The molecule has 2 aromatic carbocycles. The quantitative estimate of drug-likeness (QED) is 0.721. The lowest BCUT2D eigenvalue weighted by Crippen LogP contribution is -2.34. The van der Waals surface area contributed by atoms with E-state index in [0.29, 0.717) is 25.4 Å². The predicted molar refractivity (Wildman–Crippen MR) is 101 cm³/mol. The fourth-order valence-electron chi connectivity index (χ4n) is 2.48. The summed E-state index contributed by atoms with van der Waals surface area (Å²) in [5, 5.41) is 12.2. The lowest BCUT2D eigenvalue weighted by atomic mass is 10.1. The first-order valence-corrected chi connectivity index (χ1v) is 8.60. The Kier molecular flexibility index (Phi) is 7.02. The first-order chi connectivity index (χ1) is 12.5. The van der Waals surface area contributed by atoms with Gasteiger partial charge in [-0.1, -0.05) is 18.2 Å². The van der Waals surface area contributed by atoms with Gasteiger partial charge >= 0.3 is 5.97 Å². The molecule has 0 heterocycles. The normalized spacial score (nSPS) is 10.2. The number of carbonyl (C=O) groups is 2. The summed E-state index contributed by atoms with van der Waals surface area (Å²) in [4.78, 5) is 24.6. The predicted octanol–water partition coefficient (Wildman–Crippen LogP) is 3.24. The van der Waals surface area contributed by atoms with Crippen LogP contribution in [0.2, 0.25) is 0 Å². The molecule has 2 rings (SSSR count). The maximum Gasteiger partial charge on any atom is 0.335 e. The van der Waals surface area contributed by atoms with Crippen molar-refractivity contribution in [2.24, 2.45) is 0 Å². The molecule has 0 aliphatic rings. The third kappa shape index (κ3) is 5.51. The molecule has 0 aliphatic heterocycles. The lowest BCUT2D eigenvalue weighted by molar-refractivity contribution is -0.132. The van der Waals surface area contributed by atoms with Crippen molar-refractivity contribution in [1.29, 1.82) is 0 Å². The second kappa shape index (κ2) is 9.46. The number of hydrogen-bond donors (Lipinski definition) is 2. The topological polar surface area (TPSA) is 78.9 Å². The zero-order valence-electron chi connectivity index (χ0n) is 15.1. The van der Waals surface area contributed by atoms with Gasteiger partial charge in [0.2, 0.25) is 0 Å². The molecule has 26 heavy (non-hydrogen) atoms. The number of likely N-dealkylation sites (N-methyl/N-ethyl adjacent to an activating group) is 1. The van der Waals surface area contributed by atoms with Crippen LogP contribution in [0.4, 0.5) is 5.69 Å². The number of amides is 1. The van der Waals surface area contributed by atoms with E-state index >= 15 is 0 Å². The molecule has 0 aliphatic carbocycles. The number of benzene rings is 2. The van der Waals surface area contributed by atoms with Crippen molar-refractivity contribution < 1.29 is 19.4 Å². The Morgan fingerprint density at radius 1 is 1.08 bits per heavy atom. The third-order valence-electron chi connectivity index (χ3n) is 4.01. The Bertz CT molecular complexity index is 740.